The van der Waals surface area contributed by atoms with Gasteiger partial charge in [-0.15, -0.1) is 11.3 Å². The van der Waals surface area contributed by atoms with Gasteiger partial charge in [0.2, 0.25) is 0 Å². The summed E-state index contributed by atoms with van der Waals surface area (Å²) in [4.78, 5) is 25.9. The number of amides is 2. The zero-order chi connectivity index (χ0) is 17.6. The molecule has 1 aromatic heterocycles. The van der Waals surface area contributed by atoms with Crippen molar-refractivity contribution in [2.24, 2.45) is 5.73 Å². The van der Waals surface area contributed by atoms with E-state index < -0.39 is 5.91 Å². The first-order valence-corrected chi connectivity index (χ1v) is 9.60. The van der Waals surface area contributed by atoms with Crippen molar-refractivity contribution in [3.63, 3.8) is 0 Å². The first-order valence-electron chi connectivity index (χ1n) is 7.99. The second kappa shape index (κ2) is 6.28. The Morgan fingerprint density at radius 1 is 1.08 bits per heavy atom. The minimum Gasteiger partial charge on any atom is -0.365 e. The van der Waals surface area contributed by atoms with Gasteiger partial charge in [-0.3, -0.25) is 9.59 Å². The van der Waals surface area contributed by atoms with Crippen LogP contribution in [0.4, 0.5) is 5.00 Å². The van der Waals surface area contributed by atoms with Gasteiger partial charge in [-0.2, -0.15) is 0 Å². The fourth-order valence-electron chi connectivity index (χ4n) is 3.39. The van der Waals surface area contributed by atoms with Gasteiger partial charge in [0, 0.05) is 14.9 Å². The lowest BCUT2D eigenvalue weighted by Gasteiger charge is -2.09. The van der Waals surface area contributed by atoms with E-state index in [1.165, 1.54) is 11.3 Å². The van der Waals surface area contributed by atoms with Crippen LogP contribution in [0.5, 0.6) is 0 Å². The highest BCUT2D eigenvalue weighted by Gasteiger charge is 2.26. The molecule has 4 rings (SSSR count). The van der Waals surface area contributed by atoms with Gasteiger partial charge in [-0.05, 0) is 47.7 Å². The van der Waals surface area contributed by atoms with Gasteiger partial charge in [0.05, 0.1) is 5.56 Å². The van der Waals surface area contributed by atoms with Crippen LogP contribution in [0.3, 0.4) is 0 Å². The number of halogens is 1. The third-order valence-corrected chi connectivity index (χ3v) is 6.41. The van der Waals surface area contributed by atoms with Crippen molar-refractivity contribution in [3.8, 4) is 0 Å². The molecule has 1 heterocycles. The first kappa shape index (κ1) is 16.3. The first-order chi connectivity index (χ1) is 12.1. The summed E-state index contributed by atoms with van der Waals surface area (Å²) in [6.45, 7) is 0. The average molecular weight is 415 g/mol. The molecule has 2 aromatic carbocycles. The number of hydrogen-bond acceptors (Lipinski definition) is 3. The highest BCUT2D eigenvalue weighted by Crippen LogP contribution is 2.39. The molecule has 2 amide bonds. The number of carbonyl (C=O) groups excluding carboxylic acids is 2. The molecule has 0 radical (unpaired) electrons. The van der Waals surface area contributed by atoms with Crippen LogP contribution in [0.2, 0.25) is 0 Å². The van der Waals surface area contributed by atoms with Crippen LogP contribution in [0.1, 0.15) is 37.6 Å². The lowest BCUT2D eigenvalue weighted by atomic mass is 10.0. The quantitative estimate of drug-likeness (QED) is 0.661. The third kappa shape index (κ3) is 2.75. The van der Waals surface area contributed by atoms with E-state index in [4.69, 9.17) is 5.73 Å². The lowest BCUT2D eigenvalue weighted by molar-refractivity contribution is 0.100. The SMILES string of the molecule is NC(=O)c1c(NC(=O)c2cccc3c(Br)cccc23)sc2c1CCC2. The monoisotopic (exact) mass is 414 g/mol. The van der Waals surface area contributed by atoms with Crippen molar-refractivity contribution >= 4 is 54.9 Å². The summed E-state index contributed by atoms with van der Waals surface area (Å²) >= 11 is 4.98. The molecule has 0 saturated carbocycles. The van der Waals surface area contributed by atoms with E-state index in [2.05, 4.69) is 21.2 Å². The minimum atomic E-state index is -0.477. The number of carbonyl (C=O) groups is 2. The summed E-state index contributed by atoms with van der Waals surface area (Å²) in [5, 5.41) is 5.31. The predicted octanol–water partition coefficient (Wildman–Crippen LogP) is 4.50. The Hall–Kier alpha value is -2.18. The highest BCUT2D eigenvalue weighted by atomic mass is 79.9. The standard InChI is InChI=1S/C19H15BrN2O2S/c20-14-8-2-4-10-11(14)5-1-6-12(10)18(24)22-19-16(17(21)23)13-7-3-9-15(13)25-19/h1-2,4-6,8H,3,7,9H2,(H2,21,23)(H,22,24). The molecule has 0 saturated heterocycles. The van der Waals surface area contributed by atoms with Gasteiger partial charge in [0.1, 0.15) is 5.00 Å². The number of nitrogens with one attached hydrogen (secondary N) is 1. The van der Waals surface area contributed by atoms with Crippen molar-refractivity contribution in [1.82, 2.24) is 0 Å². The summed E-state index contributed by atoms with van der Waals surface area (Å²) in [5.41, 5.74) is 7.63. The molecule has 0 atom stereocenters. The maximum atomic E-state index is 12.9. The van der Waals surface area contributed by atoms with E-state index in [-0.39, 0.29) is 5.91 Å². The molecule has 6 heteroatoms. The highest BCUT2D eigenvalue weighted by molar-refractivity contribution is 9.10. The zero-order valence-electron chi connectivity index (χ0n) is 13.3. The molecule has 0 aliphatic heterocycles. The number of rotatable bonds is 3. The Balaban J connectivity index is 1.75. The van der Waals surface area contributed by atoms with Gasteiger partial charge in [0.15, 0.2) is 0 Å². The molecule has 0 spiro atoms. The van der Waals surface area contributed by atoms with Gasteiger partial charge >= 0.3 is 0 Å². The maximum absolute atomic E-state index is 12.9. The van der Waals surface area contributed by atoms with Crippen molar-refractivity contribution in [3.05, 3.63) is 62.4 Å². The Kier molecular flexibility index (Phi) is 4.09. The molecule has 0 unspecified atom stereocenters. The number of hydrogen-bond donors (Lipinski definition) is 2. The Morgan fingerprint density at radius 3 is 2.64 bits per heavy atom. The third-order valence-electron chi connectivity index (χ3n) is 4.51. The van der Waals surface area contributed by atoms with Crippen LogP contribution in [0.25, 0.3) is 10.8 Å². The maximum Gasteiger partial charge on any atom is 0.256 e. The molecule has 1 aliphatic rings. The number of primary amides is 1. The average Bonchev–Trinajstić information content (AvgIpc) is 3.14. The van der Waals surface area contributed by atoms with Crippen LogP contribution >= 0.6 is 27.3 Å². The number of nitrogens with two attached hydrogens (primary N) is 1. The van der Waals surface area contributed by atoms with E-state index in [9.17, 15) is 9.59 Å². The fraction of sp³-hybridized carbons (Fsp3) is 0.158. The molecule has 4 nitrogen and oxygen atoms in total. The molecule has 3 N–H and O–H groups in total. The summed E-state index contributed by atoms with van der Waals surface area (Å²) in [5.74, 6) is -0.707. The molecular formula is C19H15BrN2O2S. The van der Waals surface area contributed by atoms with Crippen molar-refractivity contribution in [2.75, 3.05) is 5.32 Å². The van der Waals surface area contributed by atoms with Crippen LogP contribution < -0.4 is 11.1 Å². The summed E-state index contributed by atoms with van der Waals surface area (Å²) in [6, 6.07) is 11.4. The molecule has 3 aromatic rings. The largest absolute Gasteiger partial charge is 0.365 e. The molecular weight excluding hydrogens is 400 g/mol. The fourth-order valence-corrected chi connectivity index (χ4v) is 5.18. The van der Waals surface area contributed by atoms with E-state index in [0.717, 1.165) is 44.9 Å². The number of anilines is 1. The number of thiophene rings is 1. The van der Waals surface area contributed by atoms with E-state index in [1.807, 2.05) is 30.3 Å². The predicted molar refractivity (Wildman–Crippen MR) is 104 cm³/mol. The molecule has 0 bridgehead atoms. The summed E-state index contributed by atoms with van der Waals surface area (Å²) in [7, 11) is 0. The topological polar surface area (TPSA) is 72.2 Å². The van der Waals surface area contributed by atoms with E-state index in [0.29, 0.717) is 16.1 Å². The van der Waals surface area contributed by atoms with Gasteiger partial charge < -0.3 is 11.1 Å². The lowest BCUT2D eigenvalue weighted by Crippen LogP contribution is -2.18. The smallest absolute Gasteiger partial charge is 0.256 e. The summed E-state index contributed by atoms with van der Waals surface area (Å²) in [6.07, 6.45) is 2.82. The van der Waals surface area contributed by atoms with Crippen molar-refractivity contribution in [2.45, 2.75) is 19.3 Å². The Labute approximate surface area is 157 Å². The second-order valence-corrected chi connectivity index (χ2v) is 7.98. The number of fused-ring (bicyclic) bond motifs is 2. The normalized spacial score (nSPS) is 13.0. The van der Waals surface area contributed by atoms with Crippen LogP contribution in [-0.2, 0) is 12.8 Å². The van der Waals surface area contributed by atoms with E-state index >= 15 is 0 Å². The molecule has 1 aliphatic carbocycles. The summed E-state index contributed by atoms with van der Waals surface area (Å²) < 4.78 is 0.938. The molecule has 126 valence electrons. The molecule has 0 fully saturated rings. The van der Waals surface area contributed by atoms with Crippen LogP contribution in [-0.4, -0.2) is 11.8 Å². The van der Waals surface area contributed by atoms with Gasteiger partial charge in [-0.25, -0.2) is 0 Å². The second-order valence-electron chi connectivity index (χ2n) is 6.02. The Morgan fingerprint density at radius 2 is 1.84 bits per heavy atom. The van der Waals surface area contributed by atoms with Crippen molar-refractivity contribution in [1.29, 1.82) is 0 Å². The molecule has 25 heavy (non-hydrogen) atoms. The number of benzene rings is 2. The van der Waals surface area contributed by atoms with Gasteiger partial charge in [0.25, 0.3) is 11.8 Å². The zero-order valence-corrected chi connectivity index (χ0v) is 15.7. The minimum absolute atomic E-state index is 0.230. The number of aryl methyl sites for hydroxylation is 1. The van der Waals surface area contributed by atoms with Crippen LogP contribution in [0, 0.1) is 0 Å². The van der Waals surface area contributed by atoms with E-state index in [1.54, 1.807) is 6.07 Å². The Bertz CT molecular complexity index is 1030. The van der Waals surface area contributed by atoms with Crippen LogP contribution in [0.15, 0.2) is 40.9 Å². The van der Waals surface area contributed by atoms with Gasteiger partial charge in [-0.1, -0.05) is 40.2 Å². The van der Waals surface area contributed by atoms with Crippen molar-refractivity contribution < 1.29 is 9.59 Å².